The largest absolute Gasteiger partial charge is 0.465 e. The number of hydrogen-bond acceptors (Lipinski definition) is 4. The molecular formula is C14H20ClNO2S. The molecule has 1 rings (SSSR count). The van der Waals surface area contributed by atoms with Gasteiger partial charge in [0, 0.05) is 16.5 Å². The number of halogens is 1. The molecule has 0 aliphatic rings. The number of thioether (sulfide) groups is 1. The minimum Gasteiger partial charge on any atom is -0.465 e. The zero-order chi connectivity index (χ0) is 14.1. The van der Waals surface area contributed by atoms with Crippen LogP contribution in [0.5, 0.6) is 0 Å². The summed E-state index contributed by atoms with van der Waals surface area (Å²) in [5.74, 6) is 0.120. The van der Waals surface area contributed by atoms with Gasteiger partial charge in [-0.25, -0.2) is 0 Å². The van der Waals surface area contributed by atoms with Gasteiger partial charge in [0.2, 0.25) is 0 Å². The maximum absolute atomic E-state index is 11.3. The van der Waals surface area contributed by atoms with Gasteiger partial charge in [-0.2, -0.15) is 0 Å². The Kier molecular flexibility index (Phi) is 7.94. The second-order valence-corrected chi connectivity index (χ2v) is 5.48. The summed E-state index contributed by atoms with van der Waals surface area (Å²) in [5, 5.41) is 4.05. The topological polar surface area (TPSA) is 38.3 Å². The van der Waals surface area contributed by atoms with Crippen molar-refractivity contribution in [1.82, 2.24) is 5.32 Å². The maximum atomic E-state index is 11.3. The third-order valence-corrected chi connectivity index (χ3v) is 3.75. The Balaban J connectivity index is 2.49. The fourth-order valence-corrected chi connectivity index (χ4v) is 2.55. The average Bonchev–Trinajstić information content (AvgIpc) is 2.39. The monoisotopic (exact) mass is 301 g/mol. The minimum atomic E-state index is -0.197. The molecule has 0 saturated carbocycles. The van der Waals surface area contributed by atoms with Gasteiger partial charge in [-0.3, -0.25) is 4.79 Å². The van der Waals surface area contributed by atoms with Gasteiger partial charge in [0.25, 0.3) is 0 Å². The number of carbonyl (C=O) groups excluding carboxylic acids is 1. The fourth-order valence-electron chi connectivity index (χ4n) is 1.51. The van der Waals surface area contributed by atoms with Crippen molar-refractivity contribution >= 4 is 29.3 Å². The summed E-state index contributed by atoms with van der Waals surface area (Å²) in [4.78, 5) is 12.2. The first-order chi connectivity index (χ1) is 9.17. The van der Waals surface area contributed by atoms with Crippen LogP contribution in [-0.4, -0.2) is 24.9 Å². The van der Waals surface area contributed by atoms with E-state index in [0.29, 0.717) is 12.4 Å². The van der Waals surface area contributed by atoms with Crippen molar-refractivity contribution in [3.8, 4) is 0 Å². The third-order valence-electron chi connectivity index (χ3n) is 2.43. The van der Waals surface area contributed by atoms with Crippen molar-refractivity contribution in [2.75, 3.05) is 18.9 Å². The van der Waals surface area contributed by atoms with Gasteiger partial charge in [-0.05, 0) is 37.6 Å². The van der Waals surface area contributed by atoms with Crippen molar-refractivity contribution in [2.24, 2.45) is 0 Å². The molecule has 0 aliphatic heterocycles. The molecule has 0 aliphatic carbocycles. The van der Waals surface area contributed by atoms with Crippen LogP contribution < -0.4 is 5.32 Å². The third kappa shape index (κ3) is 6.32. The molecule has 5 heteroatoms. The predicted octanol–water partition coefficient (Wildman–Crippen LogP) is 3.49. The molecule has 1 aromatic rings. The van der Waals surface area contributed by atoms with E-state index in [1.54, 1.807) is 6.92 Å². The quantitative estimate of drug-likeness (QED) is 0.453. The fraction of sp³-hybridized carbons (Fsp3) is 0.500. The molecule has 0 amide bonds. The van der Waals surface area contributed by atoms with Gasteiger partial charge in [0.15, 0.2) is 0 Å². The Morgan fingerprint density at radius 3 is 2.84 bits per heavy atom. The number of ether oxygens (including phenoxy) is 1. The van der Waals surface area contributed by atoms with Crippen LogP contribution in [0.2, 0.25) is 5.02 Å². The molecule has 0 saturated heterocycles. The van der Waals surface area contributed by atoms with E-state index in [9.17, 15) is 4.79 Å². The van der Waals surface area contributed by atoms with E-state index >= 15 is 0 Å². The molecule has 19 heavy (non-hydrogen) atoms. The molecule has 0 unspecified atom stereocenters. The van der Waals surface area contributed by atoms with Gasteiger partial charge >= 0.3 is 5.97 Å². The van der Waals surface area contributed by atoms with Crippen LogP contribution in [0, 0.1) is 0 Å². The van der Waals surface area contributed by atoms with Crippen molar-refractivity contribution in [3.63, 3.8) is 0 Å². The number of esters is 1. The van der Waals surface area contributed by atoms with Crippen molar-refractivity contribution < 1.29 is 9.53 Å². The summed E-state index contributed by atoms with van der Waals surface area (Å²) >= 11 is 7.66. The lowest BCUT2D eigenvalue weighted by Crippen LogP contribution is -2.14. The van der Waals surface area contributed by atoms with Gasteiger partial charge in [0.05, 0.1) is 12.4 Å². The van der Waals surface area contributed by atoms with E-state index in [1.165, 1.54) is 11.8 Å². The standard InChI is InChI=1S/C14H20ClNO2S/c1-3-7-16-9-11-5-6-12(8-13(11)15)19-10-14(17)18-4-2/h5-6,8,16H,3-4,7,9-10H2,1-2H3. The summed E-state index contributed by atoms with van der Waals surface area (Å²) in [7, 11) is 0. The van der Waals surface area contributed by atoms with E-state index in [0.717, 1.165) is 35.0 Å². The summed E-state index contributed by atoms with van der Waals surface area (Å²) in [6.45, 7) is 6.11. The molecule has 0 aromatic heterocycles. The lowest BCUT2D eigenvalue weighted by Gasteiger charge is -2.08. The first kappa shape index (κ1) is 16.3. The number of rotatable bonds is 8. The van der Waals surface area contributed by atoms with Crippen LogP contribution >= 0.6 is 23.4 Å². The van der Waals surface area contributed by atoms with Gasteiger partial charge in [-0.1, -0.05) is 24.6 Å². The average molecular weight is 302 g/mol. The van der Waals surface area contributed by atoms with Gasteiger partial charge < -0.3 is 10.1 Å². The normalized spacial score (nSPS) is 10.5. The van der Waals surface area contributed by atoms with Crippen LogP contribution in [0.15, 0.2) is 23.1 Å². The highest BCUT2D eigenvalue weighted by atomic mass is 35.5. The van der Waals surface area contributed by atoms with Crippen molar-refractivity contribution in [1.29, 1.82) is 0 Å². The number of carbonyl (C=O) groups is 1. The highest BCUT2D eigenvalue weighted by Crippen LogP contribution is 2.25. The number of benzene rings is 1. The van der Waals surface area contributed by atoms with E-state index in [2.05, 4.69) is 12.2 Å². The Morgan fingerprint density at radius 2 is 2.21 bits per heavy atom. The van der Waals surface area contributed by atoms with Crippen molar-refractivity contribution in [2.45, 2.75) is 31.7 Å². The molecule has 3 nitrogen and oxygen atoms in total. The van der Waals surface area contributed by atoms with Crippen molar-refractivity contribution in [3.05, 3.63) is 28.8 Å². The van der Waals surface area contributed by atoms with E-state index in [1.807, 2.05) is 18.2 Å². The zero-order valence-corrected chi connectivity index (χ0v) is 12.9. The van der Waals surface area contributed by atoms with E-state index < -0.39 is 0 Å². The second-order valence-electron chi connectivity index (χ2n) is 4.02. The Hall–Kier alpha value is -0.710. The molecule has 0 bridgehead atoms. The van der Waals surface area contributed by atoms with E-state index in [-0.39, 0.29) is 5.97 Å². The SMILES string of the molecule is CCCNCc1ccc(SCC(=O)OCC)cc1Cl. The Bertz CT molecular complexity index is 412. The molecule has 0 heterocycles. The zero-order valence-electron chi connectivity index (χ0n) is 11.4. The van der Waals surface area contributed by atoms with Crippen LogP contribution in [-0.2, 0) is 16.1 Å². The highest BCUT2D eigenvalue weighted by molar-refractivity contribution is 8.00. The molecular weight excluding hydrogens is 282 g/mol. The highest BCUT2D eigenvalue weighted by Gasteiger charge is 2.06. The smallest absolute Gasteiger partial charge is 0.316 e. The van der Waals surface area contributed by atoms with Crippen LogP contribution in [0.25, 0.3) is 0 Å². The minimum absolute atomic E-state index is 0.197. The molecule has 106 valence electrons. The lowest BCUT2D eigenvalue weighted by molar-refractivity contribution is -0.139. The first-order valence-electron chi connectivity index (χ1n) is 6.45. The van der Waals surface area contributed by atoms with E-state index in [4.69, 9.17) is 16.3 Å². The maximum Gasteiger partial charge on any atom is 0.316 e. The summed E-state index contributed by atoms with van der Waals surface area (Å²) in [6.07, 6.45) is 1.10. The summed E-state index contributed by atoms with van der Waals surface area (Å²) in [5.41, 5.74) is 1.08. The molecule has 0 spiro atoms. The molecule has 0 atom stereocenters. The second kappa shape index (κ2) is 9.23. The van der Waals surface area contributed by atoms with Crippen LogP contribution in [0.3, 0.4) is 0 Å². The summed E-state index contributed by atoms with van der Waals surface area (Å²) < 4.78 is 4.88. The van der Waals surface area contributed by atoms with Crippen LogP contribution in [0.4, 0.5) is 0 Å². The van der Waals surface area contributed by atoms with Gasteiger partial charge in [-0.15, -0.1) is 11.8 Å². The summed E-state index contributed by atoms with van der Waals surface area (Å²) in [6, 6.07) is 5.88. The van der Waals surface area contributed by atoms with Gasteiger partial charge in [0.1, 0.15) is 0 Å². The molecule has 0 fully saturated rings. The molecule has 0 radical (unpaired) electrons. The molecule has 1 aromatic carbocycles. The first-order valence-corrected chi connectivity index (χ1v) is 7.81. The molecule has 1 N–H and O–H groups in total. The Labute approximate surface area is 124 Å². The lowest BCUT2D eigenvalue weighted by atomic mass is 10.2. The number of nitrogens with one attached hydrogen (secondary N) is 1. The Morgan fingerprint density at radius 1 is 1.42 bits per heavy atom. The predicted molar refractivity (Wildman–Crippen MR) is 80.8 cm³/mol. The number of hydrogen-bond donors (Lipinski definition) is 1. The van der Waals surface area contributed by atoms with Crippen LogP contribution in [0.1, 0.15) is 25.8 Å².